The van der Waals surface area contributed by atoms with Gasteiger partial charge in [0.1, 0.15) is 0 Å². The van der Waals surface area contributed by atoms with Crippen molar-refractivity contribution < 1.29 is 4.79 Å². The van der Waals surface area contributed by atoms with E-state index >= 15 is 0 Å². The molecule has 0 heterocycles. The van der Waals surface area contributed by atoms with Crippen molar-refractivity contribution in [2.45, 2.75) is 17.3 Å². The fourth-order valence-electron chi connectivity index (χ4n) is 8.05. The summed E-state index contributed by atoms with van der Waals surface area (Å²) in [6.07, 6.45) is 4.10. The predicted octanol–water partition coefficient (Wildman–Crippen LogP) is 8.01. The average Bonchev–Trinajstić information content (AvgIpc) is 3.03. The number of carbonyl (C=O) groups excluding carboxylic acids is 1. The number of benzene rings is 5. The van der Waals surface area contributed by atoms with Gasteiger partial charge in [-0.3, -0.25) is 4.79 Å². The molecular weight excluding hydrogens is 538 g/mol. The maximum Gasteiger partial charge on any atom is 0.187 e. The lowest BCUT2D eigenvalue weighted by molar-refractivity contribution is 0.103. The summed E-state index contributed by atoms with van der Waals surface area (Å²) in [7, 11) is 12.6. The predicted molar refractivity (Wildman–Crippen MR) is 185 cm³/mol. The van der Waals surface area contributed by atoms with Crippen LogP contribution in [0.1, 0.15) is 50.0 Å². The maximum absolute atomic E-state index is 13.9. The monoisotopic (exact) mass is 577 g/mol. The summed E-state index contributed by atoms with van der Waals surface area (Å²) >= 11 is 0. The van der Waals surface area contributed by atoms with Crippen molar-refractivity contribution in [3.63, 3.8) is 0 Å². The Morgan fingerprint density at radius 1 is 0.523 bits per heavy atom. The van der Waals surface area contributed by atoms with Gasteiger partial charge in [-0.15, -0.1) is 0 Å². The van der Waals surface area contributed by atoms with Gasteiger partial charge in [0.15, 0.2) is 5.78 Å². The standard InChI is InChI=1S/C40H39N3O/c1-41(2)31-19-13-18-30-36(31)34(44)24-25-40(30)38(26-14-9-7-10-15-26)28-20-22-32(42(3)4)37-33(43(5)6)23-21-29(35(28)37)39(40)27-16-11-8-12-17-27/h7-25,38-39H,1-6H3. The van der Waals surface area contributed by atoms with Gasteiger partial charge in [0.05, 0.1) is 0 Å². The van der Waals surface area contributed by atoms with Crippen LogP contribution >= 0.6 is 0 Å². The Morgan fingerprint density at radius 3 is 1.50 bits per heavy atom. The zero-order valence-electron chi connectivity index (χ0n) is 26.4. The van der Waals surface area contributed by atoms with E-state index in [0.717, 1.165) is 16.8 Å². The number of rotatable bonds is 5. The molecule has 4 nitrogen and oxygen atoms in total. The molecule has 220 valence electrons. The van der Waals surface area contributed by atoms with Gasteiger partial charge in [-0.2, -0.15) is 0 Å². The van der Waals surface area contributed by atoms with Crippen molar-refractivity contribution in [3.05, 3.63) is 149 Å². The van der Waals surface area contributed by atoms with E-state index in [1.54, 1.807) is 0 Å². The van der Waals surface area contributed by atoms with Crippen molar-refractivity contribution in [3.8, 4) is 0 Å². The van der Waals surface area contributed by atoms with Crippen LogP contribution < -0.4 is 14.7 Å². The summed E-state index contributed by atoms with van der Waals surface area (Å²) in [6.45, 7) is 0. The SMILES string of the molecule is CN(C)c1cccc2c1C(=O)C=CC21C(c2ccccc2)c2ccc(N(C)C)c3c(N(C)C)ccc(c23)C1c1ccccc1. The van der Waals surface area contributed by atoms with E-state index < -0.39 is 5.41 Å². The normalized spacial score (nSPS) is 20.1. The molecule has 0 saturated carbocycles. The largest absolute Gasteiger partial charge is 0.377 e. The van der Waals surface area contributed by atoms with E-state index in [0.29, 0.717) is 0 Å². The van der Waals surface area contributed by atoms with Crippen LogP contribution in [0.4, 0.5) is 17.1 Å². The molecule has 2 aliphatic rings. The number of hydrogen-bond acceptors (Lipinski definition) is 4. The van der Waals surface area contributed by atoms with Crippen LogP contribution in [0.2, 0.25) is 0 Å². The minimum absolute atomic E-state index is 0.0435. The number of carbonyl (C=O) groups is 1. The minimum atomic E-state index is -0.558. The van der Waals surface area contributed by atoms with Gasteiger partial charge in [-0.1, -0.05) is 91.0 Å². The van der Waals surface area contributed by atoms with Crippen LogP contribution in [-0.2, 0) is 5.41 Å². The summed E-state index contributed by atoms with van der Waals surface area (Å²) < 4.78 is 0. The molecule has 0 aromatic heterocycles. The van der Waals surface area contributed by atoms with E-state index in [9.17, 15) is 4.79 Å². The van der Waals surface area contributed by atoms with Gasteiger partial charge in [0.2, 0.25) is 0 Å². The molecule has 5 aromatic rings. The molecule has 0 N–H and O–H groups in total. The topological polar surface area (TPSA) is 26.8 Å². The molecule has 0 amide bonds. The zero-order valence-corrected chi connectivity index (χ0v) is 26.4. The van der Waals surface area contributed by atoms with Crippen LogP contribution in [0.3, 0.4) is 0 Å². The highest BCUT2D eigenvalue weighted by Crippen LogP contribution is 2.63. The third-order valence-electron chi connectivity index (χ3n) is 9.74. The Labute approximate surface area is 260 Å². The van der Waals surface area contributed by atoms with Gasteiger partial charge < -0.3 is 14.7 Å². The van der Waals surface area contributed by atoms with Crippen LogP contribution in [0, 0.1) is 0 Å². The smallest absolute Gasteiger partial charge is 0.187 e. The number of anilines is 3. The van der Waals surface area contributed by atoms with Crippen LogP contribution in [-0.4, -0.2) is 48.1 Å². The molecule has 0 radical (unpaired) electrons. The molecule has 7 rings (SSSR count). The van der Waals surface area contributed by atoms with Crippen molar-refractivity contribution in [2.75, 3.05) is 57.0 Å². The van der Waals surface area contributed by atoms with Crippen LogP contribution in [0.15, 0.2) is 115 Å². The molecule has 2 unspecified atom stereocenters. The average molecular weight is 578 g/mol. The fraction of sp³-hybridized carbons (Fsp3) is 0.225. The van der Waals surface area contributed by atoms with Crippen LogP contribution in [0.25, 0.3) is 10.8 Å². The first kappa shape index (κ1) is 28.0. The lowest BCUT2D eigenvalue weighted by atomic mass is 9.50. The molecule has 0 bridgehead atoms. The first-order valence-electron chi connectivity index (χ1n) is 15.3. The molecule has 0 aliphatic heterocycles. The number of hydrogen-bond donors (Lipinski definition) is 0. The second-order valence-electron chi connectivity index (χ2n) is 12.8. The Morgan fingerprint density at radius 2 is 1.02 bits per heavy atom. The summed E-state index contributed by atoms with van der Waals surface area (Å²) in [6, 6.07) is 37.5. The van der Waals surface area contributed by atoms with Gasteiger partial charge in [-0.05, 0) is 57.5 Å². The Bertz CT molecular complexity index is 1830. The maximum atomic E-state index is 13.9. The van der Waals surface area contributed by atoms with Gasteiger partial charge >= 0.3 is 0 Å². The van der Waals surface area contributed by atoms with Crippen molar-refractivity contribution in [1.82, 2.24) is 0 Å². The molecular formula is C40H39N3O. The summed E-state index contributed by atoms with van der Waals surface area (Å²) in [5, 5.41) is 2.58. The second kappa shape index (κ2) is 10.4. The first-order chi connectivity index (χ1) is 21.3. The minimum Gasteiger partial charge on any atom is -0.377 e. The highest BCUT2D eigenvalue weighted by molar-refractivity contribution is 6.13. The van der Waals surface area contributed by atoms with Crippen molar-refractivity contribution >= 4 is 33.6 Å². The number of allylic oxidation sites excluding steroid dienone is 2. The molecule has 2 atom stereocenters. The van der Waals surface area contributed by atoms with Gasteiger partial charge in [-0.25, -0.2) is 0 Å². The molecule has 4 heteroatoms. The van der Waals surface area contributed by atoms with E-state index in [1.165, 1.54) is 44.4 Å². The van der Waals surface area contributed by atoms with Crippen molar-refractivity contribution in [1.29, 1.82) is 0 Å². The molecule has 0 fully saturated rings. The highest BCUT2D eigenvalue weighted by Gasteiger charge is 2.54. The fourth-order valence-corrected chi connectivity index (χ4v) is 8.05. The number of fused-ring (bicyclic) bond motifs is 2. The Hall–Kier alpha value is -4.83. The number of ketones is 1. The highest BCUT2D eigenvalue weighted by atomic mass is 16.1. The summed E-state index contributed by atoms with van der Waals surface area (Å²) in [4.78, 5) is 20.4. The first-order valence-corrected chi connectivity index (χ1v) is 15.3. The van der Waals surface area contributed by atoms with Gasteiger partial charge in [0, 0.05) is 87.5 Å². The summed E-state index contributed by atoms with van der Waals surface area (Å²) in [5.41, 5.74) is 9.77. The van der Waals surface area contributed by atoms with E-state index in [4.69, 9.17) is 0 Å². The third kappa shape index (κ3) is 3.93. The van der Waals surface area contributed by atoms with Crippen molar-refractivity contribution in [2.24, 2.45) is 0 Å². The molecule has 2 aliphatic carbocycles. The van der Waals surface area contributed by atoms with E-state index in [2.05, 4.69) is 152 Å². The number of nitrogens with zero attached hydrogens (tertiary/aromatic N) is 3. The molecule has 0 saturated heterocycles. The molecule has 44 heavy (non-hydrogen) atoms. The Kier molecular flexibility index (Phi) is 6.62. The second-order valence-corrected chi connectivity index (χ2v) is 12.8. The Balaban J connectivity index is 1.72. The van der Waals surface area contributed by atoms with Crippen LogP contribution in [0.5, 0.6) is 0 Å². The lowest BCUT2D eigenvalue weighted by Gasteiger charge is -2.52. The quantitative estimate of drug-likeness (QED) is 0.211. The lowest BCUT2D eigenvalue weighted by Crippen LogP contribution is -2.45. The van der Waals surface area contributed by atoms with Gasteiger partial charge in [0.25, 0.3) is 0 Å². The summed E-state index contributed by atoms with van der Waals surface area (Å²) in [5.74, 6) is -0.0218. The molecule has 5 aromatic carbocycles. The molecule has 1 spiro atoms. The third-order valence-corrected chi connectivity index (χ3v) is 9.74. The van der Waals surface area contributed by atoms with E-state index in [-0.39, 0.29) is 17.6 Å². The zero-order chi connectivity index (χ0) is 30.7. The van der Waals surface area contributed by atoms with E-state index in [1.807, 2.05) is 20.2 Å².